The Hall–Kier alpha value is -2.43. The Morgan fingerprint density at radius 2 is 1.93 bits per heavy atom. The van der Waals surface area contributed by atoms with E-state index in [2.05, 4.69) is 15.5 Å². The van der Waals surface area contributed by atoms with E-state index >= 15 is 0 Å². The van der Waals surface area contributed by atoms with Crippen LogP contribution in [0.5, 0.6) is 0 Å². The third-order valence-electron chi connectivity index (χ3n) is 4.44. The van der Waals surface area contributed by atoms with Gasteiger partial charge in [0.2, 0.25) is 15.9 Å². The van der Waals surface area contributed by atoms with Crippen molar-refractivity contribution in [1.29, 1.82) is 0 Å². The lowest BCUT2D eigenvalue weighted by Crippen LogP contribution is -2.28. The first-order valence-electron chi connectivity index (χ1n) is 8.87. The SMILES string of the molecule is O=C(CSc1nnc2ccccn12)Nc1cccc(S(=O)(=O)N2CCCC2)c1. The van der Waals surface area contributed by atoms with Crippen LogP contribution in [0.3, 0.4) is 0 Å². The Bertz CT molecular complexity index is 1110. The van der Waals surface area contributed by atoms with Gasteiger partial charge in [0.15, 0.2) is 10.8 Å². The molecule has 1 saturated heterocycles. The summed E-state index contributed by atoms with van der Waals surface area (Å²) in [4.78, 5) is 12.5. The van der Waals surface area contributed by atoms with Crippen molar-refractivity contribution in [2.24, 2.45) is 0 Å². The maximum Gasteiger partial charge on any atom is 0.243 e. The number of pyridine rings is 1. The largest absolute Gasteiger partial charge is 0.325 e. The van der Waals surface area contributed by atoms with E-state index in [1.165, 1.54) is 22.1 Å². The third-order valence-corrected chi connectivity index (χ3v) is 7.27. The number of aromatic nitrogens is 3. The van der Waals surface area contributed by atoms with Crippen LogP contribution in [-0.2, 0) is 14.8 Å². The molecular weight excluding hydrogens is 398 g/mol. The molecule has 0 bridgehead atoms. The number of anilines is 1. The monoisotopic (exact) mass is 417 g/mol. The van der Waals surface area contributed by atoms with E-state index in [-0.39, 0.29) is 16.6 Å². The van der Waals surface area contributed by atoms with Gasteiger partial charge in [0.05, 0.1) is 10.6 Å². The van der Waals surface area contributed by atoms with Crippen molar-refractivity contribution in [2.75, 3.05) is 24.2 Å². The molecule has 1 N–H and O–H groups in total. The van der Waals surface area contributed by atoms with Crippen molar-refractivity contribution in [1.82, 2.24) is 18.9 Å². The van der Waals surface area contributed by atoms with Crippen molar-refractivity contribution < 1.29 is 13.2 Å². The number of sulfonamides is 1. The molecule has 0 unspecified atom stereocenters. The van der Waals surface area contributed by atoms with Gasteiger partial charge in [0.1, 0.15) is 0 Å². The summed E-state index contributed by atoms with van der Waals surface area (Å²) in [7, 11) is -3.51. The van der Waals surface area contributed by atoms with Crippen LogP contribution in [0.15, 0.2) is 58.7 Å². The minimum absolute atomic E-state index is 0.138. The van der Waals surface area contributed by atoms with Gasteiger partial charge >= 0.3 is 0 Å². The quantitative estimate of drug-likeness (QED) is 0.618. The first-order chi connectivity index (χ1) is 13.5. The van der Waals surface area contributed by atoms with E-state index in [0.717, 1.165) is 12.8 Å². The summed E-state index contributed by atoms with van der Waals surface area (Å²) in [6, 6.07) is 11.9. The number of hydrogen-bond acceptors (Lipinski definition) is 6. The molecule has 1 aliphatic heterocycles. The number of nitrogens with one attached hydrogen (secondary N) is 1. The van der Waals surface area contributed by atoms with Crippen LogP contribution in [-0.4, -0.2) is 52.1 Å². The van der Waals surface area contributed by atoms with Gasteiger partial charge < -0.3 is 5.32 Å². The second kappa shape index (κ2) is 7.90. The maximum atomic E-state index is 12.7. The molecule has 1 fully saturated rings. The summed E-state index contributed by atoms with van der Waals surface area (Å²) in [5.74, 6) is -0.105. The Morgan fingerprint density at radius 1 is 1.11 bits per heavy atom. The van der Waals surface area contributed by atoms with E-state index in [9.17, 15) is 13.2 Å². The van der Waals surface area contributed by atoms with Crippen LogP contribution >= 0.6 is 11.8 Å². The van der Waals surface area contributed by atoms with Crippen molar-refractivity contribution in [3.05, 3.63) is 48.7 Å². The number of benzene rings is 1. The standard InChI is InChI=1S/C18H19N5O3S2/c24-17(13-27-18-21-20-16-8-1-2-11-23(16)18)19-14-6-5-7-15(12-14)28(25,26)22-9-3-4-10-22/h1-2,5-8,11-12H,3-4,9-10,13H2,(H,19,24). The number of amides is 1. The summed E-state index contributed by atoms with van der Waals surface area (Å²) in [6.07, 6.45) is 3.59. The molecule has 0 radical (unpaired) electrons. The summed E-state index contributed by atoms with van der Waals surface area (Å²) < 4.78 is 28.6. The lowest BCUT2D eigenvalue weighted by molar-refractivity contribution is -0.113. The smallest absolute Gasteiger partial charge is 0.243 e. The predicted molar refractivity (Wildman–Crippen MR) is 107 cm³/mol. The fraction of sp³-hybridized carbons (Fsp3) is 0.278. The van der Waals surface area contributed by atoms with Gasteiger partial charge in [0, 0.05) is 25.0 Å². The fourth-order valence-electron chi connectivity index (χ4n) is 3.06. The molecule has 146 valence electrons. The molecular formula is C18H19N5O3S2. The summed E-state index contributed by atoms with van der Waals surface area (Å²) in [5.41, 5.74) is 1.17. The van der Waals surface area contributed by atoms with E-state index in [4.69, 9.17) is 0 Å². The van der Waals surface area contributed by atoms with Crippen LogP contribution in [0, 0.1) is 0 Å². The minimum Gasteiger partial charge on any atom is -0.325 e. The van der Waals surface area contributed by atoms with Gasteiger partial charge in [-0.15, -0.1) is 10.2 Å². The number of hydrogen-bond donors (Lipinski definition) is 1. The van der Waals surface area contributed by atoms with Gasteiger partial charge in [-0.25, -0.2) is 8.42 Å². The zero-order valence-electron chi connectivity index (χ0n) is 15.0. The molecule has 0 spiro atoms. The normalized spacial score (nSPS) is 15.1. The zero-order valence-corrected chi connectivity index (χ0v) is 16.6. The molecule has 0 saturated carbocycles. The van der Waals surface area contributed by atoms with Gasteiger partial charge in [-0.05, 0) is 43.2 Å². The van der Waals surface area contributed by atoms with Crippen LogP contribution in [0.4, 0.5) is 5.69 Å². The predicted octanol–water partition coefficient (Wildman–Crippen LogP) is 2.24. The average molecular weight is 418 g/mol. The first-order valence-corrected chi connectivity index (χ1v) is 11.3. The molecule has 8 nitrogen and oxygen atoms in total. The molecule has 28 heavy (non-hydrogen) atoms. The van der Waals surface area contributed by atoms with Gasteiger partial charge in [0.25, 0.3) is 0 Å². The third kappa shape index (κ3) is 3.89. The summed E-state index contributed by atoms with van der Waals surface area (Å²) in [5, 5.41) is 11.5. The Kier molecular flexibility index (Phi) is 5.33. The second-order valence-corrected chi connectivity index (χ2v) is 9.27. The summed E-state index contributed by atoms with van der Waals surface area (Å²) >= 11 is 1.26. The highest BCUT2D eigenvalue weighted by atomic mass is 32.2. The molecule has 1 amide bonds. The lowest BCUT2D eigenvalue weighted by Gasteiger charge is -2.16. The molecule has 1 aliphatic rings. The Labute approximate surface area is 167 Å². The van der Waals surface area contributed by atoms with Crippen LogP contribution in [0.25, 0.3) is 5.65 Å². The Morgan fingerprint density at radius 3 is 2.75 bits per heavy atom. The van der Waals surface area contributed by atoms with Crippen molar-refractivity contribution in [3.8, 4) is 0 Å². The molecule has 1 aromatic carbocycles. The number of nitrogens with zero attached hydrogens (tertiary/aromatic N) is 4. The topological polar surface area (TPSA) is 96.7 Å². The number of fused-ring (bicyclic) bond motifs is 1. The summed E-state index contributed by atoms with van der Waals surface area (Å²) in [6.45, 7) is 1.09. The highest BCUT2D eigenvalue weighted by Crippen LogP contribution is 2.23. The molecule has 4 rings (SSSR count). The van der Waals surface area contributed by atoms with E-state index in [1.807, 2.05) is 24.4 Å². The van der Waals surface area contributed by atoms with Gasteiger partial charge in [-0.1, -0.05) is 23.9 Å². The maximum absolute atomic E-state index is 12.7. The number of thioether (sulfide) groups is 1. The van der Waals surface area contributed by atoms with Gasteiger partial charge in [-0.2, -0.15) is 4.31 Å². The first kappa shape index (κ1) is 18.9. The minimum atomic E-state index is -3.51. The molecule has 3 heterocycles. The van der Waals surface area contributed by atoms with Crippen molar-refractivity contribution in [3.63, 3.8) is 0 Å². The molecule has 2 aromatic heterocycles. The van der Waals surface area contributed by atoms with Crippen LogP contribution in [0.1, 0.15) is 12.8 Å². The van der Waals surface area contributed by atoms with Crippen molar-refractivity contribution >= 4 is 39.0 Å². The zero-order chi connectivity index (χ0) is 19.6. The average Bonchev–Trinajstić information content (AvgIpc) is 3.37. The number of rotatable bonds is 6. The molecule has 0 atom stereocenters. The lowest BCUT2D eigenvalue weighted by atomic mass is 10.3. The Balaban J connectivity index is 1.42. The van der Waals surface area contributed by atoms with E-state index in [0.29, 0.717) is 29.6 Å². The molecule has 10 heteroatoms. The van der Waals surface area contributed by atoms with Gasteiger partial charge in [-0.3, -0.25) is 9.20 Å². The number of carbonyl (C=O) groups excluding carboxylic acids is 1. The van der Waals surface area contributed by atoms with Crippen LogP contribution < -0.4 is 5.32 Å². The second-order valence-electron chi connectivity index (χ2n) is 6.39. The highest BCUT2D eigenvalue weighted by molar-refractivity contribution is 7.99. The number of carbonyl (C=O) groups is 1. The molecule has 0 aliphatic carbocycles. The highest BCUT2D eigenvalue weighted by Gasteiger charge is 2.27. The molecule has 3 aromatic rings. The fourth-order valence-corrected chi connectivity index (χ4v) is 5.34. The van der Waals surface area contributed by atoms with E-state index in [1.54, 1.807) is 22.6 Å². The van der Waals surface area contributed by atoms with Crippen LogP contribution in [0.2, 0.25) is 0 Å². The van der Waals surface area contributed by atoms with Crippen molar-refractivity contribution in [2.45, 2.75) is 22.9 Å². The van der Waals surface area contributed by atoms with E-state index < -0.39 is 10.0 Å².